The van der Waals surface area contributed by atoms with E-state index in [2.05, 4.69) is 15.9 Å². The molecular formula is C13H11BrO3. The van der Waals surface area contributed by atoms with Gasteiger partial charge in [-0.2, -0.15) is 0 Å². The molecule has 2 rings (SSSR count). The molecule has 0 aromatic heterocycles. The lowest BCUT2D eigenvalue weighted by molar-refractivity contribution is 0.0695. The maximum absolute atomic E-state index is 11.4. The zero-order valence-corrected chi connectivity index (χ0v) is 11.0. The van der Waals surface area contributed by atoms with Crippen LogP contribution in [-0.4, -0.2) is 18.2 Å². The molecule has 0 aliphatic heterocycles. The Hall–Kier alpha value is -1.55. The Labute approximate surface area is 107 Å². The summed E-state index contributed by atoms with van der Waals surface area (Å²) in [6.07, 6.45) is 0. The van der Waals surface area contributed by atoms with Gasteiger partial charge in [-0.3, -0.25) is 0 Å². The van der Waals surface area contributed by atoms with E-state index in [1.807, 2.05) is 25.1 Å². The molecular weight excluding hydrogens is 284 g/mol. The van der Waals surface area contributed by atoms with E-state index in [0.29, 0.717) is 15.6 Å². The molecule has 4 heteroatoms. The first kappa shape index (κ1) is 11.9. The molecule has 0 saturated heterocycles. The van der Waals surface area contributed by atoms with Gasteiger partial charge in [0.25, 0.3) is 0 Å². The Bertz CT molecular complexity index is 605. The number of fused-ring (bicyclic) bond motifs is 1. The van der Waals surface area contributed by atoms with Gasteiger partial charge in [-0.15, -0.1) is 0 Å². The largest absolute Gasteiger partial charge is 0.495 e. The number of halogens is 1. The summed E-state index contributed by atoms with van der Waals surface area (Å²) in [4.78, 5) is 11.4. The van der Waals surface area contributed by atoms with Crippen molar-refractivity contribution < 1.29 is 14.6 Å². The van der Waals surface area contributed by atoms with Crippen LogP contribution in [0.25, 0.3) is 10.8 Å². The molecule has 0 unspecified atom stereocenters. The molecule has 0 atom stereocenters. The summed E-state index contributed by atoms with van der Waals surface area (Å²) < 4.78 is 5.89. The number of carboxylic acids is 1. The summed E-state index contributed by atoms with van der Waals surface area (Å²) in [5.74, 6) is -0.618. The van der Waals surface area contributed by atoms with Gasteiger partial charge >= 0.3 is 5.97 Å². The van der Waals surface area contributed by atoms with E-state index in [-0.39, 0.29) is 5.56 Å². The first-order valence-corrected chi connectivity index (χ1v) is 5.85. The third-order valence-corrected chi connectivity index (χ3v) is 3.73. The van der Waals surface area contributed by atoms with Crippen molar-refractivity contribution in [2.75, 3.05) is 7.11 Å². The van der Waals surface area contributed by atoms with Crippen molar-refractivity contribution in [1.82, 2.24) is 0 Å². The molecule has 0 saturated carbocycles. The summed E-state index contributed by atoms with van der Waals surface area (Å²) >= 11 is 3.39. The van der Waals surface area contributed by atoms with Crippen molar-refractivity contribution in [3.8, 4) is 5.75 Å². The van der Waals surface area contributed by atoms with E-state index in [0.717, 1.165) is 10.9 Å². The van der Waals surface area contributed by atoms with Crippen LogP contribution in [0.15, 0.2) is 28.7 Å². The molecule has 0 amide bonds. The second kappa shape index (κ2) is 4.37. The number of methoxy groups -OCH3 is 1. The van der Waals surface area contributed by atoms with Crippen molar-refractivity contribution in [2.45, 2.75) is 6.92 Å². The SMILES string of the molecule is COc1c(Br)c(C)c2ccccc2c1C(=O)O. The van der Waals surface area contributed by atoms with Crippen LogP contribution < -0.4 is 4.74 Å². The Morgan fingerprint density at radius 3 is 2.41 bits per heavy atom. The minimum atomic E-state index is -0.987. The number of rotatable bonds is 2. The quantitative estimate of drug-likeness (QED) is 0.920. The fourth-order valence-electron chi connectivity index (χ4n) is 1.95. The first-order valence-electron chi connectivity index (χ1n) is 5.06. The molecule has 0 bridgehead atoms. The smallest absolute Gasteiger partial charge is 0.340 e. The highest BCUT2D eigenvalue weighted by Gasteiger charge is 2.20. The van der Waals surface area contributed by atoms with E-state index in [9.17, 15) is 9.90 Å². The summed E-state index contributed by atoms with van der Waals surface area (Å²) in [5.41, 5.74) is 1.17. The van der Waals surface area contributed by atoms with Crippen molar-refractivity contribution in [3.05, 3.63) is 39.9 Å². The number of benzene rings is 2. The molecule has 17 heavy (non-hydrogen) atoms. The third-order valence-electron chi connectivity index (χ3n) is 2.77. The molecule has 3 nitrogen and oxygen atoms in total. The van der Waals surface area contributed by atoms with Gasteiger partial charge in [0.15, 0.2) is 0 Å². The zero-order valence-electron chi connectivity index (χ0n) is 9.45. The summed E-state index contributed by atoms with van der Waals surface area (Å²) in [7, 11) is 1.47. The Morgan fingerprint density at radius 1 is 1.29 bits per heavy atom. The average Bonchev–Trinajstić information content (AvgIpc) is 2.33. The molecule has 0 aliphatic rings. The second-order valence-electron chi connectivity index (χ2n) is 3.70. The molecule has 0 spiro atoms. The standard InChI is InChI=1S/C13H11BrO3/c1-7-8-5-3-4-6-9(8)10(13(15)16)12(17-2)11(7)14/h3-6H,1-2H3,(H,15,16). The number of hydrogen-bond acceptors (Lipinski definition) is 2. The van der Waals surface area contributed by atoms with E-state index >= 15 is 0 Å². The van der Waals surface area contributed by atoms with Crippen LogP contribution in [0.4, 0.5) is 0 Å². The van der Waals surface area contributed by atoms with Crippen molar-refractivity contribution in [1.29, 1.82) is 0 Å². The first-order chi connectivity index (χ1) is 8.07. The monoisotopic (exact) mass is 294 g/mol. The number of hydrogen-bond donors (Lipinski definition) is 1. The van der Waals surface area contributed by atoms with Gasteiger partial charge in [-0.25, -0.2) is 4.79 Å². The Balaban J connectivity index is 3.02. The molecule has 0 radical (unpaired) electrons. The van der Waals surface area contributed by atoms with Crippen LogP contribution in [-0.2, 0) is 0 Å². The van der Waals surface area contributed by atoms with E-state index < -0.39 is 5.97 Å². The number of carbonyl (C=O) groups is 1. The molecule has 0 aliphatic carbocycles. The molecule has 88 valence electrons. The van der Waals surface area contributed by atoms with Crippen LogP contribution in [0, 0.1) is 6.92 Å². The highest BCUT2D eigenvalue weighted by molar-refractivity contribution is 9.10. The maximum atomic E-state index is 11.4. The predicted octanol–water partition coefficient (Wildman–Crippen LogP) is 3.62. The van der Waals surface area contributed by atoms with Crippen molar-refractivity contribution in [2.24, 2.45) is 0 Å². The number of carboxylic acid groups (broad SMARTS) is 1. The highest BCUT2D eigenvalue weighted by atomic mass is 79.9. The third kappa shape index (κ3) is 1.78. The van der Waals surface area contributed by atoms with E-state index in [1.54, 1.807) is 6.07 Å². The average molecular weight is 295 g/mol. The topological polar surface area (TPSA) is 46.5 Å². The van der Waals surface area contributed by atoms with E-state index in [4.69, 9.17) is 4.74 Å². The Morgan fingerprint density at radius 2 is 1.88 bits per heavy atom. The van der Waals surface area contributed by atoms with Crippen LogP contribution >= 0.6 is 15.9 Å². The maximum Gasteiger partial charge on any atom is 0.340 e. The lowest BCUT2D eigenvalue weighted by Crippen LogP contribution is -2.03. The summed E-state index contributed by atoms with van der Waals surface area (Å²) in [6, 6.07) is 7.41. The van der Waals surface area contributed by atoms with Crippen LogP contribution in [0.3, 0.4) is 0 Å². The lowest BCUT2D eigenvalue weighted by atomic mass is 9.99. The van der Waals surface area contributed by atoms with Gasteiger partial charge in [0.1, 0.15) is 11.3 Å². The van der Waals surface area contributed by atoms with Gasteiger partial charge in [-0.1, -0.05) is 24.3 Å². The van der Waals surface area contributed by atoms with E-state index in [1.165, 1.54) is 7.11 Å². The number of ether oxygens (including phenoxy) is 1. The van der Waals surface area contributed by atoms with Gasteiger partial charge < -0.3 is 9.84 Å². The molecule has 2 aromatic rings. The van der Waals surface area contributed by atoms with Gasteiger partial charge in [0.05, 0.1) is 11.6 Å². The lowest BCUT2D eigenvalue weighted by Gasteiger charge is -2.14. The predicted molar refractivity (Wildman–Crippen MR) is 69.9 cm³/mol. The molecule has 0 heterocycles. The fourth-order valence-corrected chi connectivity index (χ4v) is 2.53. The summed E-state index contributed by atoms with van der Waals surface area (Å²) in [5, 5.41) is 10.9. The highest BCUT2D eigenvalue weighted by Crippen LogP contribution is 2.39. The van der Waals surface area contributed by atoms with Crippen LogP contribution in [0.2, 0.25) is 0 Å². The zero-order chi connectivity index (χ0) is 12.6. The summed E-state index contributed by atoms with van der Waals surface area (Å²) in [6.45, 7) is 1.93. The van der Waals surface area contributed by atoms with Gasteiger partial charge in [0, 0.05) is 5.39 Å². The minimum Gasteiger partial charge on any atom is -0.495 e. The fraction of sp³-hybridized carbons (Fsp3) is 0.154. The molecule has 2 aromatic carbocycles. The number of aromatic carboxylic acids is 1. The van der Waals surface area contributed by atoms with Gasteiger partial charge in [-0.05, 0) is 33.8 Å². The normalized spacial score (nSPS) is 10.5. The van der Waals surface area contributed by atoms with Crippen LogP contribution in [0.5, 0.6) is 5.75 Å². The molecule has 1 N–H and O–H groups in total. The second-order valence-corrected chi connectivity index (χ2v) is 4.49. The Kier molecular flexibility index (Phi) is 3.07. The minimum absolute atomic E-state index is 0.195. The molecule has 0 fully saturated rings. The van der Waals surface area contributed by atoms with Crippen LogP contribution in [0.1, 0.15) is 15.9 Å². The van der Waals surface area contributed by atoms with Gasteiger partial charge in [0.2, 0.25) is 0 Å². The van der Waals surface area contributed by atoms with Crippen molar-refractivity contribution >= 4 is 32.7 Å². The number of aryl methyl sites for hydroxylation is 1. The van der Waals surface area contributed by atoms with Crippen molar-refractivity contribution in [3.63, 3.8) is 0 Å².